The predicted octanol–water partition coefficient (Wildman–Crippen LogP) is 12.1. The number of hydrogen-bond acceptors (Lipinski definition) is 4. The molecule has 4 heteroatoms. The highest BCUT2D eigenvalue weighted by Crippen LogP contribution is 2.21. The summed E-state index contributed by atoms with van der Waals surface area (Å²) in [5.74, 6) is 0.154. The first-order chi connectivity index (χ1) is 22.2. The van der Waals surface area contributed by atoms with Gasteiger partial charge in [0.1, 0.15) is 0 Å². The Balaban J connectivity index is 3.94. The van der Waals surface area contributed by atoms with Crippen molar-refractivity contribution in [2.45, 2.75) is 194 Å². The molecule has 1 unspecified atom stereocenters. The van der Waals surface area contributed by atoms with Crippen LogP contribution in [0.25, 0.3) is 0 Å². The van der Waals surface area contributed by atoms with E-state index in [9.17, 15) is 9.90 Å². The third kappa shape index (κ3) is 32.6. The number of allylic oxidation sites excluding steroid dienone is 4. The maximum Gasteiger partial charge on any atom is 0.308 e. The molecule has 0 bridgehead atoms. The van der Waals surface area contributed by atoms with Gasteiger partial charge in [-0.25, -0.2) is 0 Å². The second-order valence-electron chi connectivity index (χ2n) is 13.5. The first kappa shape index (κ1) is 43.9. The predicted molar refractivity (Wildman–Crippen MR) is 198 cm³/mol. The number of ether oxygens (including phenoxy) is 1. The molecule has 0 aromatic heterocycles. The van der Waals surface area contributed by atoms with Gasteiger partial charge in [0.05, 0.1) is 19.1 Å². The average molecular weight is 634 g/mol. The van der Waals surface area contributed by atoms with Gasteiger partial charge in [-0.2, -0.15) is 0 Å². The molecule has 0 spiro atoms. The van der Waals surface area contributed by atoms with E-state index in [2.05, 4.69) is 50.0 Å². The first-order valence-corrected chi connectivity index (χ1v) is 20.0. The Morgan fingerprint density at radius 1 is 0.556 bits per heavy atom. The van der Waals surface area contributed by atoms with Crippen LogP contribution in [-0.2, 0) is 9.53 Å². The van der Waals surface area contributed by atoms with Gasteiger partial charge in [0.25, 0.3) is 0 Å². The van der Waals surface area contributed by atoms with Gasteiger partial charge < -0.3 is 14.7 Å². The second-order valence-corrected chi connectivity index (χ2v) is 13.5. The van der Waals surface area contributed by atoms with E-state index in [1.807, 2.05) is 0 Å². The van der Waals surface area contributed by atoms with Crippen molar-refractivity contribution in [3.05, 3.63) is 24.3 Å². The van der Waals surface area contributed by atoms with Gasteiger partial charge in [0.15, 0.2) is 0 Å². The lowest BCUT2D eigenvalue weighted by Crippen LogP contribution is -2.29. The summed E-state index contributed by atoms with van der Waals surface area (Å²) in [7, 11) is 0. The lowest BCUT2D eigenvalue weighted by Gasteiger charge is -2.21. The summed E-state index contributed by atoms with van der Waals surface area (Å²) in [6, 6.07) is 0. The Morgan fingerprint density at radius 2 is 1.00 bits per heavy atom. The van der Waals surface area contributed by atoms with Crippen LogP contribution in [0.3, 0.4) is 0 Å². The Kier molecular flexibility index (Phi) is 36.4. The van der Waals surface area contributed by atoms with Crippen molar-refractivity contribution in [2.75, 3.05) is 32.8 Å². The normalized spacial score (nSPS) is 12.6. The van der Waals surface area contributed by atoms with E-state index in [4.69, 9.17) is 4.74 Å². The van der Waals surface area contributed by atoms with Crippen LogP contribution in [0.2, 0.25) is 0 Å². The van der Waals surface area contributed by atoms with E-state index >= 15 is 0 Å². The third-order valence-corrected chi connectivity index (χ3v) is 9.10. The lowest BCUT2D eigenvalue weighted by atomic mass is 9.94. The number of carbonyl (C=O) groups is 1. The molecule has 0 aliphatic heterocycles. The first-order valence-electron chi connectivity index (χ1n) is 20.0. The standard InChI is InChI=1S/C41H79NO3/c1-4-7-10-13-15-16-17-18-19-20-21-22-23-24-26-30-35-42(37-38-43)36-31-27-32-39-45-41(44)40(33-28-12-9-6-3)34-29-25-14-11-8-5-2/h15-16,18-19,40,43H,4-14,17,20-39H2,1-3H3/b16-15-,19-18-. The van der Waals surface area contributed by atoms with Crippen LogP contribution >= 0.6 is 0 Å². The topological polar surface area (TPSA) is 49.8 Å². The summed E-state index contributed by atoms with van der Waals surface area (Å²) in [4.78, 5) is 15.3. The van der Waals surface area contributed by atoms with Crippen molar-refractivity contribution in [1.29, 1.82) is 0 Å². The fourth-order valence-electron chi connectivity index (χ4n) is 6.07. The van der Waals surface area contributed by atoms with Crippen molar-refractivity contribution in [2.24, 2.45) is 5.92 Å². The largest absolute Gasteiger partial charge is 0.465 e. The van der Waals surface area contributed by atoms with Crippen LogP contribution in [0.15, 0.2) is 24.3 Å². The minimum atomic E-state index is 0.0550. The maximum absolute atomic E-state index is 12.9. The zero-order valence-corrected chi connectivity index (χ0v) is 30.7. The third-order valence-electron chi connectivity index (χ3n) is 9.10. The SMILES string of the molecule is CCCCC/C=C\C/C=C\CCCCCCCCN(CCO)CCCCCOC(=O)C(CCCCCC)CCCCCCCC. The molecule has 1 atom stereocenters. The second kappa shape index (κ2) is 37.3. The molecule has 45 heavy (non-hydrogen) atoms. The molecule has 0 aliphatic carbocycles. The van der Waals surface area contributed by atoms with E-state index in [1.54, 1.807) is 0 Å². The monoisotopic (exact) mass is 634 g/mol. The summed E-state index contributed by atoms with van der Waals surface area (Å²) in [5.41, 5.74) is 0. The van der Waals surface area contributed by atoms with E-state index in [-0.39, 0.29) is 18.5 Å². The average Bonchev–Trinajstić information content (AvgIpc) is 3.04. The van der Waals surface area contributed by atoms with Crippen LogP contribution in [0.4, 0.5) is 0 Å². The van der Waals surface area contributed by atoms with Gasteiger partial charge in [0.2, 0.25) is 0 Å². The molecule has 0 aromatic carbocycles. The zero-order chi connectivity index (χ0) is 32.9. The number of hydrogen-bond donors (Lipinski definition) is 1. The van der Waals surface area contributed by atoms with Gasteiger partial charge in [-0.15, -0.1) is 0 Å². The Hall–Kier alpha value is -1.13. The van der Waals surface area contributed by atoms with Gasteiger partial charge in [-0.1, -0.05) is 148 Å². The van der Waals surface area contributed by atoms with Gasteiger partial charge in [-0.05, 0) is 83.7 Å². The molecular formula is C41H79NO3. The van der Waals surface area contributed by atoms with Crippen molar-refractivity contribution >= 4 is 5.97 Å². The Bertz CT molecular complexity index is 647. The Morgan fingerprint density at radius 3 is 1.58 bits per heavy atom. The lowest BCUT2D eigenvalue weighted by molar-refractivity contribution is -0.149. The van der Waals surface area contributed by atoms with Crippen molar-refractivity contribution in [3.63, 3.8) is 0 Å². The number of unbranched alkanes of at least 4 members (excludes halogenated alkanes) is 19. The van der Waals surface area contributed by atoms with Crippen molar-refractivity contribution in [3.8, 4) is 0 Å². The summed E-state index contributed by atoms with van der Waals surface area (Å²) < 4.78 is 5.78. The van der Waals surface area contributed by atoms with Gasteiger partial charge in [-0.3, -0.25) is 4.79 Å². The van der Waals surface area contributed by atoms with Crippen molar-refractivity contribution in [1.82, 2.24) is 4.90 Å². The minimum absolute atomic E-state index is 0.0550. The number of esters is 1. The summed E-state index contributed by atoms with van der Waals surface area (Å²) in [6.45, 7) is 10.4. The highest BCUT2D eigenvalue weighted by Gasteiger charge is 2.19. The molecule has 0 radical (unpaired) electrons. The number of rotatable bonds is 36. The van der Waals surface area contributed by atoms with E-state index in [0.717, 1.165) is 71.0 Å². The quantitative estimate of drug-likeness (QED) is 0.0424. The molecule has 0 heterocycles. The van der Waals surface area contributed by atoms with Crippen LogP contribution in [0.5, 0.6) is 0 Å². The maximum atomic E-state index is 12.9. The highest BCUT2D eigenvalue weighted by molar-refractivity contribution is 5.72. The number of nitrogens with zero attached hydrogens (tertiary/aromatic N) is 1. The highest BCUT2D eigenvalue weighted by atomic mass is 16.5. The van der Waals surface area contributed by atoms with E-state index in [0.29, 0.717) is 6.61 Å². The molecule has 4 nitrogen and oxygen atoms in total. The number of aliphatic hydroxyl groups excluding tert-OH is 1. The molecule has 0 amide bonds. The molecule has 0 rings (SSSR count). The van der Waals surface area contributed by atoms with Gasteiger partial charge in [0, 0.05) is 6.54 Å². The van der Waals surface area contributed by atoms with Crippen LogP contribution in [-0.4, -0.2) is 48.8 Å². The fourth-order valence-corrected chi connectivity index (χ4v) is 6.07. The molecule has 0 saturated carbocycles. The molecule has 0 saturated heterocycles. The summed E-state index contributed by atoms with van der Waals surface area (Å²) in [6.07, 6.45) is 42.3. The summed E-state index contributed by atoms with van der Waals surface area (Å²) >= 11 is 0. The molecule has 266 valence electrons. The van der Waals surface area contributed by atoms with Crippen LogP contribution in [0.1, 0.15) is 194 Å². The number of carbonyl (C=O) groups excluding carboxylic acids is 1. The van der Waals surface area contributed by atoms with E-state index < -0.39 is 0 Å². The molecule has 0 fully saturated rings. The smallest absolute Gasteiger partial charge is 0.308 e. The molecular weight excluding hydrogens is 554 g/mol. The summed E-state index contributed by atoms with van der Waals surface area (Å²) in [5, 5.41) is 9.52. The van der Waals surface area contributed by atoms with Gasteiger partial charge >= 0.3 is 5.97 Å². The fraction of sp³-hybridized carbons (Fsp3) is 0.878. The Labute approximate surface area is 282 Å². The van der Waals surface area contributed by atoms with Crippen LogP contribution in [0, 0.1) is 5.92 Å². The molecule has 0 aliphatic rings. The zero-order valence-electron chi connectivity index (χ0n) is 30.7. The van der Waals surface area contributed by atoms with Crippen LogP contribution < -0.4 is 0 Å². The molecule has 1 N–H and O–H groups in total. The molecule has 0 aromatic rings. The van der Waals surface area contributed by atoms with E-state index in [1.165, 1.54) is 122 Å². The van der Waals surface area contributed by atoms with Crippen molar-refractivity contribution < 1.29 is 14.6 Å². The minimum Gasteiger partial charge on any atom is -0.465 e. The number of aliphatic hydroxyl groups is 1.